The van der Waals surface area contributed by atoms with Crippen molar-refractivity contribution in [3.8, 4) is 0 Å². The van der Waals surface area contributed by atoms with E-state index in [0.717, 1.165) is 18.5 Å². The lowest BCUT2D eigenvalue weighted by molar-refractivity contribution is -0.120. The summed E-state index contributed by atoms with van der Waals surface area (Å²) in [5.41, 5.74) is 1.15. The summed E-state index contributed by atoms with van der Waals surface area (Å²) in [6.45, 7) is 0.775. The maximum absolute atomic E-state index is 12.3. The molecule has 1 fully saturated rings. The SMILES string of the molecule is COC1CNC(C(=O)Cc2csc3ccccc23)C1. The molecule has 1 aliphatic heterocycles. The summed E-state index contributed by atoms with van der Waals surface area (Å²) in [6, 6.07) is 8.20. The molecule has 0 amide bonds. The monoisotopic (exact) mass is 275 g/mol. The van der Waals surface area contributed by atoms with Crippen LogP contribution in [0.25, 0.3) is 10.1 Å². The Balaban J connectivity index is 1.73. The molecule has 0 saturated carbocycles. The number of benzene rings is 1. The highest BCUT2D eigenvalue weighted by Crippen LogP contribution is 2.26. The molecule has 4 heteroatoms. The van der Waals surface area contributed by atoms with Gasteiger partial charge in [0, 0.05) is 24.8 Å². The van der Waals surface area contributed by atoms with Crippen molar-refractivity contribution in [2.75, 3.05) is 13.7 Å². The van der Waals surface area contributed by atoms with E-state index in [9.17, 15) is 4.79 Å². The average molecular weight is 275 g/mol. The average Bonchev–Trinajstić information content (AvgIpc) is 3.06. The van der Waals surface area contributed by atoms with E-state index in [2.05, 4.69) is 22.8 Å². The van der Waals surface area contributed by atoms with Crippen molar-refractivity contribution in [1.29, 1.82) is 0 Å². The Morgan fingerprint density at radius 3 is 3.11 bits per heavy atom. The summed E-state index contributed by atoms with van der Waals surface area (Å²) in [5, 5.41) is 6.56. The molecular formula is C15H17NO2S. The molecule has 1 aromatic carbocycles. The van der Waals surface area contributed by atoms with Gasteiger partial charge in [-0.25, -0.2) is 0 Å². The highest BCUT2D eigenvalue weighted by Gasteiger charge is 2.29. The summed E-state index contributed by atoms with van der Waals surface area (Å²) >= 11 is 1.71. The van der Waals surface area contributed by atoms with E-state index in [1.54, 1.807) is 18.4 Å². The second kappa shape index (κ2) is 5.41. The number of nitrogens with one attached hydrogen (secondary N) is 1. The number of rotatable bonds is 4. The Hall–Kier alpha value is -1.23. The standard InChI is InChI=1S/C15H17NO2S/c1-18-11-7-13(16-8-11)14(17)6-10-9-19-15-5-3-2-4-12(10)15/h2-5,9,11,13,16H,6-8H2,1H3. The first-order chi connectivity index (χ1) is 9.28. The number of fused-ring (bicyclic) bond motifs is 1. The van der Waals surface area contributed by atoms with Crippen LogP contribution in [0.1, 0.15) is 12.0 Å². The van der Waals surface area contributed by atoms with Gasteiger partial charge in [-0.2, -0.15) is 0 Å². The molecule has 2 aromatic rings. The summed E-state index contributed by atoms with van der Waals surface area (Å²) in [6.07, 6.45) is 1.48. The number of carbonyl (C=O) groups is 1. The summed E-state index contributed by atoms with van der Waals surface area (Å²) in [5.74, 6) is 0.267. The predicted octanol–water partition coefficient (Wildman–Crippen LogP) is 2.39. The Morgan fingerprint density at radius 2 is 2.32 bits per heavy atom. The van der Waals surface area contributed by atoms with Crippen molar-refractivity contribution in [3.63, 3.8) is 0 Å². The van der Waals surface area contributed by atoms with Crippen LogP contribution in [0, 0.1) is 0 Å². The van der Waals surface area contributed by atoms with Gasteiger partial charge in [0.1, 0.15) is 0 Å². The van der Waals surface area contributed by atoms with E-state index in [1.165, 1.54) is 10.1 Å². The number of hydrogen-bond acceptors (Lipinski definition) is 4. The van der Waals surface area contributed by atoms with Crippen LogP contribution in [0.15, 0.2) is 29.6 Å². The fraction of sp³-hybridized carbons (Fsp3) is 0.400. The maximum Gasteiger partial charge on any atom is 0.154 e. The second-order valence-corrected chi connectivity index (χ2v) is 5.87. The lowest BCUT2D eigenvalue weighted by atomic mass is 10.0. The second-order valence-electron chi connectivity index (χ2n) is 4.95. The summed E-state index contributed by atoms with van der Waals surface area (Å²) in [7, 11) is 1.70. The molecule has 0 spiro atoms. The topological polar surface area (TPSA) is 38.3 Å². The van der Waals surface area contributed by atoms with Gasteiger partial charge in [0.15, 0.2) is 5.78 Å². The molecule has 0 bridgehead atoms. The van der Waals surface area contributed by atoms with Crippen molar-refractivity contribution < 1.29 is 9.53 Å². The number of thiophene rings is 1. The Morgan fingerprint density at radius 1 is 1.47 bits per heavy atom. The number of Topliss-reactive ketones (excluding diaryl/α,β-unsaturated/α-hetero) is 1. The van der Waals surface area contributed by atoms with Crippen LogP contribution >= 0.6 is 11.3 Å². The minimum Gasteiger partial charge on any atom is -0.380 e. The number of hydrogen-bond donors (Lipinski definition) is 1. The largest absolute Gasteiger partial charge is 0.380 e. The fourth-order valence-electron chi connectivity index (χ4n) is 2.61. The lowest BCUT2D eigenvalue weighted by Gasteiger charge is -2.08. The minimum atomic E-state index is -0.0522. The Bertz CT molecular complexity index is 593. The molecule has 1 N–H and O–H groups in total. The van der Waals surface area contributed by atoms with Crippen molar-refractivity contribution in [1.82, 2.24) is 5.32 Å². The van der Waals surface area contributed by atoms with E-state index in [4.69, 9.17) is 4.74 Å². The lowest BCUT2D eigenvalue weighted by Crippen LogP contribution is -2.31. The van der Waals surface area contributed by atoms with Crippen LogP contribution in [-0.4, -0.2) is 31.6 Å². The Labute approximate surface area is 116 Å². The van der Waals surface area contributed by atoms with Gasteiger partial charge in [0.05, 0.1) is 12.1 Å². The first-order valence-corrected chi connectivity index (χ1v) is 7.40. The molecule has 19 heavy (non-hydrogen) atoms. The molecule has 1 aromatic heterocycles. The van der Waals surface area contributed by atoms with Gasteiger partial charge in [0.25, 0.3) is 0 Å². The van der Waals surface area contributed by atoms with Crippen LogP contribution < -0.4 is 5.32 Å². The quantitative estimate of drug-likeness (QED) is 0.931. The number of ketones is 1. The van der Waals surface area contributed by atoms with Crippen LogP contribution in [0.2, 0.25) is 0 Å². The zero-order chi connectivity index (χ0) is 13.2. The molecule has 1 saturated heterocycles. The van der Waals surface area contributed by atoms with Crippen LogP contribution in [-0.2, 0) is 16.0 Å². The molecule has 0 aliphatic carbocycles. The molecule has 0 radical (unpaired) electrons. The predicted molar refractivity (Wildman–Crippen MR) is 77.7 cm³/mol. The molecular weight excluding hydrogens is 258 g/mol. The molecule has 1 aliphatic rings. The van der Waals surface area contributed by atoms with Crippen LogP contribution in [0.3, 0.4) is 0 Å². The first-order valence-electron chi connectivity index (χ1n) is 6.52. The third-order valence-electron chi connectivity index (χ3n) is 3.74. The third-order valence-corrected chi connectivity index (χ3v) is 4.75. The highest BCUT2D eigenvalue weighted by molar-refractivity contribution is 7.17. The minimum absolute atomic E-state index is 0.0522. The summed E-state index contributed by atoms with van der Waals surface area (Å²) in [4.78, 5) is 12.3. The van der Waals surface area contributed by atoms with Crippen molar-refractivity contribution in [2.24, 2.45) is 0 Å². The fourth-order valence-corrected chi connectivity index (χ4v) is 3.57. The van der Waals surface area contributed by atoms with Crippen LogP contribution in [0.5, 0.6) is 0 Å². The van der Waals surface area contributed by atoms with Crippen molar-refractivity contribution >= 4 is 27.2 Å². The number of ether oxygens (including phenoxy) is 1. The van der Waals surface area contributed by atoms with E-state index < -0.39 is 0 Å². The van der Waals surface area contributed by atoms with Gasteiger partial charge >= 0.3 is 0 Å². The van der Waals surface area contributed by atoms with Crippen LogP contribution in [0.4, 0.5) is 0 Å². The highest BCUT2D eigenvalue weighted by atomic mass is 32.1. The maximum atomic E-state index is 12.3. The molecule has 2 atom stereocenters. The van der Waals surface area contributed by atoms with Crippen molar-refractivity contribution in [3.05, 3.63) is 35.2 Å². The van der Waals surface area contributed by atoms with Gasteiger partial charge in [-0.1, -0.05) is 18.2 Å². The number of carbonyl (C=O) groups excluding carboxylic acids is 1. The number of methoxy groups -OCH3 is 1. The van der Waals surface area contributed by atoms with Gasteiger partial charge < -0.3 is 10.1 Å². The van der Waals surface area contributed by atoms with Gasteiger partial charge in [0.2, 0.25) is 0 Å². The smallest absolute Gasteiger partial charge is 0.154 e. The molecule has 2 heterocycles. The van der Waals surface area contributed by atoms with Gasteiger partial charge in [-0.3, -0.25) is 4.79 Å². The zero-order valence-corrected chi connectivity index (χ0v) is 11.7. The molecule has 2 unspecified atom stereocenters. The van der Waals surface area contributed by atoms with E-state index >= 15 is 0 Å². The third kappa shape index (κ3) is 2.56. The first kappa shape index (κ1) is 12.8. The van der Waals surface area contributed by atoms with Crippen molar-refractivity contribution in [2.45, 2.75) is 25.0 Å². The van der Waals surface area contributed by atoms with E-state index in [0.29, 0.717) is 6.42 Å². The normalized spacial score (nSPS) is 23.0. The molecule has 3 nitrogen and oxygen atoms in total. The van der Waals surface area contributed by atoms with Gasteiger partial charge in [-0.15, -0.1) is 11.3 Å². The van der Waals surface area contributed by atoms with E-state index in [-0.39, 0.29) is 17.9 Å². The molecule has 100 valence electrons. The zero-order valence-electron chi connectivity index (χ0n) is 10.9. The summed E-state index contributed by atoms with van der Waals surface area (Å²) < 4.78 is 6.53. The van der Waals surface area contributed by atoms with Gasteiger partial charge in [-0.05, 0) is 28.8 Å². The van der Waals surface area contributed by atoms with E-state index in [1.807, 2.05) is 12.1 Å². The Kier molecular flexibility index (Phi) is 3.64. The molecule has 3 rings (SSSR count).